The van der Waals surface area contributed by atoms with Gasteiger partial charge in [-0.05, 0) is 12.1 Å². The lowest BCUT2D eigenvalue weighted by Crippen LogP contribution is -2.06. The van der Waals surface area contributed by atoms with E-state index in [4.69, 9.17) is 0 Å². The van der Waals surface area contributed by atoms with E-state index in [0.717, 1.165) is 0 Å². The second-order valence-electron chi connectivity index (χ2n) is 3.88. The summed E-state index contributed by atoms with van der Waals surface area (Å²) in [5.41, 5.74) is 0.279. The third-order valence-electron chi connectivity index (χ3n) is 2.53. The molecule has 0 saturated heterocycles. The van der Waals surface area contributed by atoms with E-state index in [1.54, 1.807) is 17.8 Å². The minimum atomic E-state index is -1.01. The van der Waals surface area contributed by atoms with Gasteiger partial charge in [-0.1, -0.05) is 6.07 Å². The van der Waals surface area contributed by atoms with Crippen LogP contribution in [0.25, 0.3) is 0 Å². The van der Waals surface area contributed by atoms with Gasteiger partial charge in [0.05, 0.1) is 12.0 Å². The first-order chi connectivity index (χ1) is 8.08. The zero-order chi connectivity index (χ0) is 12.4. The van der Waals surface area contributed by atoms with Gasteiger partial charge in [-0.15, -0.1) is 0 Å². The van der Waals surface area contributed by atoms with Gasteiger partial charge in [-0.2, -0.15) is 0 Å². The van der Waals surface area contributed by atoms with Gasteiger partial charge in [0.2, 0.25) is 0 Å². The fourth-order valence-corrected chi connectivity index (χ4v) is 1.63. The van der Waals surface area contributed by atoms with E-state index in [1.165, 1.54) is 24.5 Å². The molecule has 0 aliphatic carbocycles. The Kier molecular flexibility index (Phi) is 3.19. The van der Waals surface area contributed by atoms with Crippen LogP contribution < -0.4 is 0 Å². The van der Waals surface area contributed by atoms with E-state index in [-0.39, 0.29) is 12.0 Å². The van der Waals surface area contributed by atoms with Crippen molar-refractivity contribution < 1.29 is 13.9 Å². The van der Waals surface area contributed by atoms with Crippen LogP contribution in [-0.4, -0.2) is 14.7 Å². The topological polar surface area (TPSA) is 38.0 Å². The van der Waals surface area contributed by atoms with E-state index in [1.807, 2.05) is 0 Å². The van der Waals surface area contributed by atoms with Gasteiger partial charge in [0.25, 0.3) is 0 Å². The first kappa shape index (κ1) is 11.7. The Morgan fingerprint density at radius 1 is 1.35 bits per heavy atom. The maximum Gasteiger partial charge on any atom is 0.129 e. The minimum Gasteiger partial charge on any atom is -0.386 e. The van der Waals surface area contributed by atoms with E-state index in [9.17, 15) is 13.9 Å². The molecule has 1 aromatic carbocycles. The molecule has 0 aliphatic rings. The van der Waals surface area contributed by atoms with Gasteiger partial charge in [0.1, 0.15) is 17.7 Å². The number of imidazole rings is 1. The number of aryl methyl sites for hydroxylation is 1. The summed E-state index contributed by atoms with van der Waals surface area (Å²) in [6.45, 7) is 0. The van der Waals surface area contributed by atoms with Crippen molar-refractivity contribution in [3.05, 3.63) is 53.6 Å². The second-order valence-corrected chi connectivity index (χ2v) is 3.88. The smallest absolute Gasteiger partial charge is 0.129 e. The predicted molar refractivity (Wildman–Crippen MR) is 58.2 cm³/mol. The summed E-state index contributed by atoms with van der Waals surface area (Å²) in [5, 5.41) is 9.83. The number of hydrogen-bond donors (Lipinski definition) is 1. The molecule has 1 unspecified atom stereocenters. The van der Waals surface area contributed by atoms with Crippen molar-refractivity contribution in [3.63, 3.8) is 0 Å². The van der Waals surface area contributed by atoms with Crippen molar-refractivity contribution in [2.45, 2.75) is 12.5 Å². The highest BCUT2D eigenvalue weighted by molar-refractivity contribution is 5.21. The lowest BCUT2D eigenvalue weighted by Gasteiger charge is -2.09. The van der Waals surface area contributed by atoms with Crippen LogP contribution >= 0.6 is 0 Å². The highest BCUT2D eigenvalue weighted by atomic mass is 19.1. The monoisotopic (exact) mass is 238 g/mol. The predicted octanol–water partition coefficient (Wildman–Crippen LogP) is 1.97. The summed E-state index contributed by atoms with van der Waals surface area (Å²) in [4.78, 5) is 3.94. The number of benzene rings is 1. The molecule has 17 heavy (non-hydrogen) atoms. The molecule has 2 rings (SSSR count). The molecule has 0 saturated carbocycles. The van der Waals surface area contributed by atoms with Crippen molar-refractivity contribution in [2.24, 2.45) is 7.05 Å². The summed E-state index contributed by atoms with van der Waals surface area (Å²) in [5.74, 6) is -1.31. The first-order valence-corrected chi connectivity index (χ1v) is 5.16. The zero-order valence-electron chi connectivity index (χ0n) is 9.27. The third-order valence-corrected chi connectivity index (χ3v) is 2.53. The van der Waals surface area contributed by atoms with Crippen LogP contribution in [0.5, 0.6) is 0 Å². The summed E-state index contributed by atoms with van der Waals surface area (Å²) >= 11 is 0. The molecule has 1 N–H and O–H groups in total. The Morgan fingerprint density at radius 2 is 2.00 bits per heavy atom. The van der Waals surface area contributed by atoms with Crippen LogP contribution in [0.1, 0.15) is 17.4 Å². The lowest BCUT2D eigenvalue weighted by atomic mass is 10.1. The molecule has 0 aliphatic heterocycles. The second kappa shape index (κ2) is 4.63. The average Bonchev–Trinajstić information content (AvgIpc) is 2.70. The summed E-state index contributed by atoms with van der Waals surface area (Å²) < 4.78 is 28.4. The highest BCUT2D eigenvalue weighted by Crippen LogP contribution is 2.20. The molecule has 2 aromatic rings. The standard InChI is InChI=1S/C12H12F2N2O/c1-16-6-11(15-7-16)12(17)5-8-9(13)3-2-4-10(8)14/h2-4,6-7,12,17H,5H2,1H3. The summed E-state index contributed by atoms with van der Waals surface area (Å²) in [7, 11) is 1.76. The van der Waals surface area contributed by atoms with Crippen LogP contribution in [0, 0.1) is 11.6 Å². The third kappa shape index (κ3) is 2.50. The Bertz CT molecular complexity index is 505. The van der Waals surface area contributed by atoms with Gasteiger partial charge in [-0.25, -0.2) is 13.8 Å². The van der Waals surface area contributed by atoms with Crippen LogP contribution in [-0.2, 0) is 13.5 Å². The zero-order valence-corrected chi connectivity index (χ0v) is 9.27. The molecule has 90 valence electrons. The molecule has 1 aromatic heterocycles. The molecule has 0 spiro atoms. The molecule has 0 amide bonds. The van der Waals surface area contributed by atoms with E-state index in [0.29, 0.717) is 5.69 Å². The molecule has 0 radical (unpaired) electrons. The summed E-state index contributed by atoms with van der Waals surface area (Å²) in [6, 6.07) is 3.63. The number of nitrogens with zero attached hydrogens (tertiary/aromatic N) is 2. The Labute approximate surface area is 97.3 Å². The molecular formula is C12H12F2N2O. The van der Waals surface area contributed by atoms with Crippen LogP contribution in [0.4, 0.5) is 8.78 Å². The average molecular weight is 238 g/mol. The normalized spacial score (nSPS) is 12.7. The van der Waals surface area contributed by atoms with Gasteiger partial charge in [0, 0.05) is 25.2 Å². The number of aliphatic hydroxyl groups excluding tert-OH is 1. The van der Waals surface area contributed by atoms with Crippen molar-refractivity contribution in [1.29, 1.82) is 0 Å². The molecular weight excluding hydrogens is 226 g/mol. The van der Waals surface area contributed by atoms with Crippen LogP contribution in [0.15, 0.2) is 30.7 Å². The SMILES string of the molecule is Cn1cnc(C(O)Cc2c(F)cccc2F)c1. The lowest BCUT2D eigenvalue weighted by molar-refractivity contribution is 0.171. The number of rotatable bonds is 3. The van der Waals surface area contributed by atoms with Crippen molar-refractivity contribution in [3.8, 4) is 0 Å². The van der Waals surface area contributed by atoms with E-state index < -0.39 is 17.7 Å². The van der Waals surface area contributed by atoms with Gasteiger partial charge in [-0.3, -0.25) is 0 Å². The Balaban J connectivity index is 2.21. The maximum atomic E-state index is 13.4. The molecule has 5 heteroatoms. The minimum absolute atomic E-state index is 0.120. The van der Waals surface area contributed by atoms with E-state index in [2.05, 4.69) is 4.98 Å². The van der Waals surface area contributed by atoms with Crippen molar-refractivity contribution in [2.75, 3.05) is 0 Å². The maximum absolute atomic E-state index is 13.4. The molecule has 0 fully saturated rings. The van der Waals surface area contributed by atoms with Crippen LogP contribution in [0.2, 0.25) is 0 Å². The number of aliphatic hydroxyl groups is 1. The quantitative estimate of drug-likeness (QED) is 0.887. The van der Waals surface area contributed by atoms with Gasteiger partial charge >= 0.3 is 0 Å². The number of hydrogen-bond acceptors (Lipinski definition) is 2. The van der Waals surface area contributed by atoms with Crippen molar-refractivity contribution in [1.82, 2.24) is 9.55 Å². The first-order valence-electron chi connectivity index (χ1n) is 5.16. The van der Waals surface area contributed by atoms with Gasteiger partial charge in [0.15, 0.2) is 0 Å². The number of halogens is 2. The summed E-state index contributed by atoms with van der Waals surface area (Å²) in [6.07, 6.45) is 2.00. The highest BCUT2D eigenvalue weighted by Gasteiger charge is 2.16. The Morgan fingerprint density at radius 3 is 2.53 bits per heavy atom. The number of aromatic nitrogens is 2. The largest absolute Gasteiger partial charge is 0.386 e. The fraction of sp³-hybridized carbons (Fsp3) is 0.250. The van der Waals surface area contributed by atoms with Gasteiger partial charge < -0.3 is 9.67 Å². The molecule has 1 heterocycles. The van der Waals surface area contributed by atoms with Crippen LogP contribution in [0.3, 0.4) is 0 Å². The van der Waals surface area contributed by atoms with Crippen molar-refractivity contribution >= 4 is 0 Å². The molecule has 1 atom stereocenters. The Hall–Kier alpha value is -1.75. The molecule has 3 nitrogen and oxygen atoms in total. The van der Waals surface area contributed by atoms with E-state index >= 15 is 0 Å². The molecule has 0 bridgehead atoms. The fourth-order valence-electron chi connectivity index (χ4n) is 1.63.